The van der Waals surface area contributed by atoms with Crippen LogP contribution in [0.15, 0.2) is 0 Å². The highest BCUT2D eigenvalue weighted by Gasteiger charge is 2.18. The molecule has 0 saturated heterocycles. The van der Waals surface area contributed by atoms with Crippen LogP contribution in [-0.2, 0) is 28.4 Å². The zero-order valence-corrected chi connectivity index (χ0v) is 15.9. The normalized spacial score (nSPS) is 13.6. The average molecular weight is 400 g/mol. The highest BCUT2D eigenvalue weighted by Crippen LogP contribution is 2.34. The third-order valence-corrected chi connectivity index (χ3v) is 4.77. The van der Waals surface area contributed by atoms with Crippen molar-refractivity contribution in [3.05, 3.63) is 0 Å². The maximum Gasteiger partial charge on any atom is 0.325 e. The number of amides is 1. The second-order valence-electron chi connectivity index (χ2n) is 5.21. The van der Waals surface area contributed by atoms with Gasteiger partial charge in [-0.05, 0) is 6.42 Å². The Labute approximate surface area is 150 Å². The molecule has 0 aliphatic heterocycles. The molecule has 0 aliphatic rings. The number of ether oxygens (including phenoxy) is 2. The third-order valence-electron chi connectivity index (χ3n) is 2.67. The molecular formula is C13H25N2O8PS. The Morgan fingerprint density at radius 3 is 2.36 bits per heavy atom. The Morgan fingerprint density at radius 1 is 1.20 bits per heavy atom. The van der Waals surface area contributed by atoms with Gasteiger partial charge in [0.1, 0.15) is 12.7 Å². The molecule has 0 unspecified atom stereocenters. The lowest BCUT2D eigenvalue weighted by Crippen LogP contribution is -2.43. The number of hydrogen-bond acceptors (Lipinski definition) is 8. The van der Waals surface area contributed by atoms with Crippen LogP contribution in [0.25, 0.3) is 0 Å². The van der Waals surface area contributed by atoms with Crippen LogP contribution in [-0.4, -0.2) is 70.6 Å². The van der Waals surface area contributed by atoms with Gasteiger partial charge in [-0.15, -0.1) is 0 Å². The van der Waals surface area contributed by atoms with Crippen LogP contribution in [0.2, 0.25) is 0 Å². The summed E-state index contributed by atoms with van der Waals surface area (Å²) < 4.78 is 20.5. The predicted octanol–water partition coefficient (Wildman–Crippen LogP) is -0.774. The minimum absolute atomic E-state index is 0.0777. The summed E-state index contributed by atoms with van der Waals surface area (Å²) in [5.41, 5.74) is 5.72. The molecule has 0 heterocycles. The van der Waals surface area contributed by atoms with E-state index in [9.17, 15) is 18.9 Å². The van der Waals surface area contributed by atoms with Crippen molar-refractivity contribution in [2.75, 3.05) is 30.8 Å². The predicted molar refractivity (Wildman–Crippen MR) is 92.0 cm³/mol. The van der Waals surface area contributed by atoms with Gasteiger partial charge in [0.05, 0.1) is 12.2 Å². The maximum absolute atomic E-state index is 11.7. The molecule has 0 aromatic rings. The minimum Gasteiger partial charge on any atom is -0.462 e. The molecule has 0 aromatic heterocycles. The van der Waals surface area contributed by atoms with Crippen LogP contribution in [0.4, 0.5) is 0 Å². The SMILES string of the molecule is CC(=O)OC[C@H](CSC[C@H](N)C(=O)NCCCP(=O)(O)O)OC(C)=O. The van der Waals surface area contributed by atoms with E-state index >= 15 is 0 Å². The first-order valence-electron chi connectivity index (χ1n) is 7.47. The molecule has 0 radical (unpaired) electrons. The van der Waals surface area contributed by atoms with Crippen molar-refractivity contribution in [3.8, 4) is 0 Å². The van der Waals surface area contributed by atoms with Gasteiger partial charge < -0.3 is 30.3 Å². The smallest absolute Gasteiger partial charge is 0.325 e. The summed E-state index contributed by atoms with van der Waals surface area (Å²) in [6.07, 6.45) is -0.797. The molecule has 0 saturated carbocycles. The molecule has 0 bridgehead atoms. The molecule has 146 valence electrons. The first-order chi connectivity index (χ1) is 11.5. The molecule has 0 rings (SSSR count). The van der Waals surface area contributed by atoms with Crippen molar-refractivity contribution in [1.29, 1.82) is 0 Å². The van der Waals surface area contributed by atoms with E-state index in [-0.39, 0.29) is 31.5 Å². The summed E-state index contributed by atoms with van der Waals surface area (Å²) in [6.45, 7) is 2.52. The maximum atomic E-state index is 11.7. The van der Waals surface area contributed by atoms with Crippen LogP contribution < -0.4 is 11.1 Å². The Hall–Kier alpha value is -1.13. The number of esters is 2. The van der Waals surface area contributed by atoms with Crippen molar-refractivity contribution >= 4 is 37.2 Å². The van der Waals surface area contributed by atoms with Gasteiger partial charge in [0.2, 0.25) is 5.91 Å². The lowest BCUT2D eigenvalue weighted by Gasteiger charge is -2.17. The fraction of sp³-hybridized carbons (Fsp3) is 0.769. The van der Waals surface area contributed by atoms with Crippen LogP contribution in [0.3, 0.4) is 0 Å². The largest absolute Gasteiger partial charge is 0.462 e. The molecule has 2 atom stereocenters. The van der Waals surface area contributed by atoms with E-state index in [4.69, 9.17) is 25.0 Å². The van der Waals surface area contributed by atoms with Gasteiger partial charge >= 0.3 is 19.5 Å². The Balaban J connectivity index is 4.08. The molecule has 12 heteroatoms. The average Bonchev–Trinajstić information content (AvgIpc) is 2.47. The first kappa shape index (κ1) is 23.9. The van der Waals surface area contributed by atoms with E-state index in [1.165, 1.54) is 25.6 Å². The number of carbonyl (C=O) groups is 3. The summed E-state index contributed by atoms with van der Waals surface area (Å²) in [6, 6.07) is -0.827. The van der Waals surface area contributed by atoms with Crippen molar-refractivity contribution in [2.24, 2.45) is 5.73 Å². The Kier molecular flexibility index (Phi) is 11.7. The second-order valence-corrected chi connectivity index (χ2v) is 8.06. The highest BCUT2D eigenvalue weighted by atomic mass is 32.2. The molecule has 25 heavy (non-hydrogen) atoms. The molecule has 10 nitrogen and oxygen atoms in total. The van der Waals surface area contributed by atoms with Gasteiger partial charge in [-0.3, -0.25) is 18.9 Å². The summed E-state index contributed by atoms with van der Waals surface area (Å²) >= 11 is 1.26. The van der Waals surface area contributed by atoms with Crippen LogP contribution in [0.5, 0.6) is 0 Å². The van der Waals surface area contributed by atoms with Gasteiger partial charge in [-0.1, -0.05) is 0 Å². The van der Waals surface area contributed by atoms with Crippen molar-refractivity contribution in [3.63, 3.8) is 0 Å². The quantitative estimate of drug-likeness (QED) is 0.186. The summed E-state index contributed by atoms with van der Waals surface area (Å²) in [5.74, 6) is -0.908. The number of nitrogens with one attached hydrogen (secondary N) is 1. The molecule has 0 aliphatic carbocycles. The van der Waals surface area contributed by atoms with Gasteiger partial charge in [0.15, 0.2) is 0 Å². The minimum atomic E-state index is -4.07. The summed E-state index contributed by atoms with van der Waals surface area (Å²) in [4.78, 5) is 51.0. The zero-order valence-electron chi connectivity index (χ0n) is 14.2. The molecule has 0 spiro atoms. The molecular weight excluding hydrogens is 375 g/mol. The monoisotopic (exact) mass is 400 g/mol. The molecule has 0 aromatic carbocycles. The fourth-order valence-corrected chi connectivity index (χ4v) is 3.13. The second kappa shape index (κ2) is 12.3. The molecule has 0 fully saturated rings. The van der Waals surface area contributed by atoms with Crippen LogP contribution >= 0.6 is 19.4 Å². The lowest BCUT2D eigenvalue weighted by atomic mass is 10.3. The third kappa shape index (κ3) is 14.9. The van der Waals surface area contributed by atoms with E-state index in [1.54, 1.807) is 0 Å². The topological polar surface area (TPSA) is 165 Å². The van der Waals surface area contributed by atoms with Gasteiger partial charge in [0.25, 0.3) is 0 Å². The molecule has 1 amide bonds. The van der Waals surface area contributed by atoms with E-state index in [0.717, 1.165) is 0 Å². The Bertz CT molecular complexity index is 498. The van der Waals surface area contributed by atoms with E-state index in [0.29, 0.717) is 5.75 Å². The highest BCUT2D eigenvalue weighted by molar-refractivity contribution is 7.99. The van der Waals surface area contributed by atoms with E-state index in [2.05, 4.69) is 5.32 Å². The molecule has 5 N–H and O–H groups in total. The van der Waals surface area contributed by atoms with E-state index < -0.39 is 37.6 Å². The van der Waals surface area contributed by atoms with Crippen LogP contribution in [0.1, 0.15) is 20.3 Å². The first-order valence-corrected chi connectivity index (χ1v) is 10.4. The summed E-state index contributed by atoms with van der Waals surface area (Å²) in [7, 11) is -4.07. The van der Waals surface area contributed by atoms with Crippen molar-refractivity contribution in [2.45, 2.75) is 32.4 Å². The standard InChI is InChI=1S/C13H25N2O8PS/c1-9(16)22-6-11(23-10(2)17)7-25-8-12(14)13(18)15-4-3-5-24(19,20)21/h11-12H,3-8,14H2,1-2H3,(H,15,18)(H2,19,20,21)/t11-,12+/m1/s1. The lowest BCUT2D eigenvalue weighted by molar-refractivity contribution is -0.154. The van der Waals surface area contributed by atoms with Gasteiger partial charge in [-0.25, -0.2) is 0 Å². The van der Waals surface area contributed by atoms with E-state index in [1.807, 2.05) is 0 Å². The van der Waals surface area contributed by atoms with Crippen LogP contribution in [0, 0.1) is 0 Å². The van der Waals surface area contributed by atoms with Crippen molar-refractivity contribution in [1.82, 2.24) is 5.32 Å². The fourth-order valence-electron chi connectivity index (χ4n) is 1.59. The number of nitrogens with two attached hydrogens (primary N) is 1. The number of rotatable bonds is 12. The number of thioether (sulfide) groups is 1. The summed E-state index contributed by atoms with van der Waals surface area (Å²) in [5, 5.41) is 2.49. The van der Waals surface area contributed by atoms with Gasteiger partial charge in [0, 0.05) is 31.9 Å². The number of hydrogen-bond donors (Lipinski definition) is 4. The van der Waals surface area contributed by atoms with Gasteiger partial charge in [-0.2, -0.15) is 11.8 Å². The number of carbonyl (C=O) groups excluding carboxylic acids is 3. The Morgan fingerprint density at radius 2 is 1.84 bits per heavy atom. The van der Waals surface area contributed by atoms with Crippen molar-refractivity contribution < 1.29 is 38.2 Å². The zero-order chi connectivity index (χ0) is 19.5.